The Morgan fingerprint density at radius 1 is 1.16 bits per heavy atom. The lowest BCUT2D eigenvalue weighted by molar-refractivity contribution is -0.137. The van der Waals surface area contributed by atoms with Gasteiger partial charge in [0.15, 0.2) is 0 Å². The molecule has 0 amide bonds. The Kier molecular flexibility index (Phi) is 4.09. The maximum Gasteiger partial charge on any atom is 0.416 e. The molecule has 0 atom stereocenters. The average molecular weight is 332 g/mol. The van der Waals surface area contributed by atoms with Crippen LogP contribution in [0.15, 0.2) is 47.1 Å². The van der Waals surface area contributed by atoms with Crippen LogP contribution in [0.3, 0.4) is 0 Å². The molecule has 0 bridgehead atoms. The summed E-state index contributed by atoms with van der Waals surface area (Å²) in [5.74, 6) is 0.166. The van der Waals surface area contributed by atoms with Crippen molar-refractivity contribution in [1.82, 2.24) is 4.98 Å². The molecule has 0 radical (unpaired) electrons. The summed E-state index contributed by atoms with van der Waals surface area (Å²) in [4.78, 5) is 4.07. The number of ether oxygens (including phenoxy) is 1. The second kappa shape index (κ2) is 5.61. The van der Waals surface area contributed by atoms with Crippen LogP contribution in [0.4, 0.5) is 13.2 Å². The molecule has 0 saturated heterocycles. The number of nitrogens with zero attached hydrogens (tertiary/aromatic N) is 1. The van der Waals surface area contributed by atoms with Crippen molar-refractivity contribution in [3.8, 4) is 5.75 Å². The Morgan fingerprint density at radius 3 is 2.58 bits per heavy atom. The topological polar surface area (TPSA) is 22.1 Å². The quantitative estimate of drug-likeness (QED) is 0.829. The number of benzene rings is 1. The molecule has 1 aromatic heterocycles. The van der Waals surface area contributed by atoms with Crippen molar-refractivity contribution in [2.75, 3.05) is 0 Å². The molecule has 2 nitrogen and oxygen atoms in total. The van der Waals surface area contributed by atoms with Gasteiger partial charge in [-0.25, -0.2) is 0 Å². The summed E-state index contributed by atoms with van der Waals surface area (Å²) in [6.07, 6.45) is -2.76. The number of pyridine rings is 1. The van der Waals surface area contributed by atoms with Crippen molar-refractivity contribution < 1.29 is 17.9 Å². The summed E-state index contributed by atoms with van der Waals surface area (Å²) in [5.41, 5.74) is -0.0885. The monoisotopic (exact) mass is 331 g/mol. The number of halogens is 4. The molecule has 2 aromatic rings. The average Bonchev–Trinajstić information content (AvgIpc) is 2.37. The SMILES string of the molecule is FC(F)(F)c1cccc(OCc2ccc(Br)cn2)c1. The van der Waals surface area contributed by atoms with Gasteiger partial charge in [-0.2, -0.15) is 13.2 Å². The third-order valence-electron chi connectivity index (χ3n) is 2.34. The van der Waals surface area contributed by atoms with E-state index in [1.165, 1.54) is 12.1 Å². The van der Waals surface area contributed by atoms with Gasteiger partial charge in [0.05, 0.1) is 11.3 Å². The highest BCUT2D eigenvalue weighted by Gasteiger charge is 2.30. The Balaban J connectivity index is 2.05. The van der Waals surface area contributed by atoms with Gasteiger partial charge in [0.2, 0.25) is 0 Å². The number of rotatable bonds is 3. The van der Waals surface area contributed by atoms with Crippen molar-refractivity contribution in [2.24, 2.45) is 0 Å². The Morgan fingerprint density at radius 2 is 1.95 bits per heavy atom. The van der Waals surface area contributed by atoms with E-state index in [0.717, 1.165) is 16.6 Å². The normalized spacial score (nSPS) is 11.4. The zero-order valence-electron chi connectivity index (χ0n) is 9.62. The molecule has 0 aliphatic heterocycles. The molecule has 19 heavy (non-hydrogen) atoms. The van der Waals surface area contributed by atoms with Crippen LogP contribution in [-0.4, -0.2) is 4.98 Å². The van der Waals surface area contributed by atoms with Crippen LogP contribution < -0.4 is 4.74 Å². The van der Waals surface area contributed by atoms with Crippen LogP contribution in [-0.2, 0) is 12.8 Å². The van der Waals surface area contributed by atoms with Crippen molar-refractivity contribution >= 4 is 15.9 Å². The highest BCUT2D eigenvalue weighted by molar-refractivity contribution is 9.10. The smallest absolute Gasteiger partial charge is 0.416 e. The first kappa shape index (κ1) is 13.9. The fourth-order valence-corrected chi connectivity index (χ4v) is 1.65. The molecule has 0 fully saturated rings. The number of hydrogen-bond donors (Lipinski definition) is 0. The standard InChI is InChI=1S/C13H9BrF3NO/c14-10-4-5-11(18-7-10)8-19-12-3-1-2-9(6-12)13(15,16)17/h1-7H,8H2. The zero-order valence-corrected chi connectivity index (χ0v) is 11.2. The van der Waals surface area contributed by atoms with Gasteiger partial charge in [0, 0.05) is 10.7 Å². The van der Waals surface area contributed by atoms with E-state index >= 15 is 0 Å². The lowest BCUT2D eigenvalue weighted by Gasteiger charge is -2.10. The summed E-state index contributed by atoms with van der Waals surface area (Å²) in [6.45, 7) is 0.120. The highest BCUT2D eigenvalue weighted by Crippen LogP contribution is 2.31. The summed E-state index contributed by atoms with van der Waals surface area (Å²) in [7, 11) is 0. The predicted octanol–water partition coefficient (Wildman–Crippen LogP) is 4.44. The number of alkyl halides is 3. The molecule has 0 N–H and O–H groups in total. The molecular weight excluding hydrogens is 323 g/mol. The van der Waals surface area contributed by atoms with Crippen molar-refractivity contribution in [2.45, 2.75) is 12.8 Å². The van der Waals surface area contributed by atoms with Gasteiger partial charge in [-0.15, -0.1) is 0 Å². The van der Waals surface area contributed by atoms with Gasteiger partial charge in [0.25, 0.3) is 0 Å². The van der Waals surface area contributed by atoms with E-state index < -0.39 is 11.7 Å². The van der Waals surface area contributed by atoms with Crippen molar-refractivity contribution in [3.63, 3.8) is 0 Å². The first-order chi connectivity index (χ1) is 8.95. The van der Waals surface area contributed by atoms with Gasteiger partial charge < -0.3 is 4.74 Å². The zero-order chi connectivity index (χ0) is 13.9. The maximum atomic E-state index is 12.5. The Labute approximate surface area is 116 Å². The molecule has 0 aliphatic carbocycles. The highest BCUT2D eigenvalue weighted by atomic mass is 79.9. The molecule has 0 aliphatic rings. The minimum absolute atomic E-state index is 0.120. The van der Waals surface area contributed by atoms with Gasteiger partial charge in [-0.3, -0.25) is 4.98 Å². The van der Waals surface area contributed by atoms with Crippen LogP contribution in [0.2, 0.25) is 0 Å². The van der Waals surface area contributed by atoms with E-state index in [1.54, 1.807) is 18.3 Å². The first-order valence-electron chi connectivity index (χ1n) is 5.35. The Bertz CT molecular complexity index is 555. The van der Waals surface area contributed by atoms with Crippen LogP contribution in [0.1, 0.15) is 11.3 Å². The molecule has 100 valence electrons. The van der Waals surface area contributed by atoms with Gasteiger partial charge >= 0.3 is 6.18 Å². The third-order valence-corrected chi connectivity index (χ3v) is 2.81. The van der Waals surface area contributed by atoms with Gasteiger partial charge in [-0.05, 0) is 46.3 Å². The molecule has 0 unspecified atom stereocenters. The molecular formula is C13H9BrF3NO. The maximum absolute atomic E-state index is 12.5. The van der Waals surface area contributed by atoms with E-state index in [4.69, 9.17) is 4.74 Å². The lowest BCUT2D eigenvalue weighted by Crippen LogP contribution is -2.05. The van der Waals surface area contributed by atoms with Crippen molar-refractivity contribution in [3.05, 3.63) is 58.3 Å². The Hall–Kier alpha value is -1.56. The van der Waals surface area contributed by atoms with E-state index in [9.17, 15) is 13.2 Å². The summed E-state index contributed by atoms with van der Waals surface area (Å²) in [5, 5.41) is 0. The van der Waals surface area contributed by atoms with Crippen LogP contribution in [0, 0.1) is 0 Å². The summed E-state index contributed by atoms with van der Waals surface area (Å²) in [6, 6.07) is 8.29. The third kappa shape index (κ3) is 3.96. The minimum Gasteiger partial charge on any atom is -0.487 e. The first-order valence-corrected chi connectivity index (χ1v) is 6.15. The van der Waals surface area contributed by atoms with Crippen LogP contribution >= 0.6 is 15.9 Å². The van der Waals surface area contributed by atoms with Crippen LogP contribution in [0.25, 0.3) is 0 Å². The molecule has 0 saturated carbocycles. The predicted molar refractivity (Wildman–Crippen MR) is 67.7 cm³/mol. The largest absolute Gasteiger partial charge is 0.487 e. The second-order valence-corrected chi connectivity index (χ2v) is 4.70. The lowest BCUT2D eigenvalue weighted by atomic mass is 10.2. The number of aromatic nitrogens is 1. The van der Waals surface area contributed by atoms with Gasteiger partial charge in [0.1, 0.15) is 12.4 Å². The summed E-state index contributed by atoms with van der Waals surface area (Å²) >= 11 is 3.24. The number of hydrogen-bond acceptors (Lipinski definition) is 2. The molecule has 1 aromatic carbocycles. The second-order valence-electron chi connectivity index (χ2n) is 3.78. The van der Waals surface area contributed by atoms with Crippen LogP contribution in [0.5, 0.6) is 5.75 Å². The fraction of sp³-hybridized carbons (Fsp3) is 0.154. The van der Waals surface area contributed by atoms with E-state index in [0.29, 0.717) is 5.69 Å². The molecule has 0 spiro atoms. The van der Waals surface area contributed by atoms with E-state index in [1.807, 2.05) is 0 Å². The van der Waals surface area contributed by atoms with E-state index in [-0.39, 0.29) is 12.4 Å². The molecule has 6 heteroatoms. The molecule has 1 heterocycles. The summed E-state index contributed by atoms with van der Waals surface area (Å²) < 4.78 is 43.6. The molecule has 2 rings (SSSR count). The van der Waals surface area contributed by atoms with Gasteiger partial charge in [-0.1, -0.05) is 6.07 Å². The fourth-order valence-electron chi connectivity index (χ4n) is 1.41. The minimum atomic E-state index is -4.37. The van der Waals surface area contributed by atoms with Crippen molar-refractivity contribution in [1.29, 1.82) is 0 Å². The van der Waals surface area contributed by atoms with E-state index in [2.05, 4.69) is 20.9 Å².